The number of ether oxygens (including phenoxy) is 2. The van der Waals surface area contributed by atoms with Crippen molar-refractivity contribution in [2.24, 2.45) is 4.99 Å². The van der Waals surface area contributed by atoms with Crippen molar-refractivity contribution in [1.82, 2.24) is 15.6 Å². The van der Waals surface area contributed by atoms with Gasteiger partial charge in [0.15, 0.2) is 17.5 Å². The van der Waals surface area contributed by atoms with Crippen LogP contribution >= 0.6 is 24.0 Å². The van der Waals surface area contributed by atoms with Crippen LogP contribution in [0.5, 0.6) is 11.5 Å². The van der Waals surface area contributed by atoms with Crippen LogP contribution in [0.4, 0.5) is 5.82 Å². The molecular weight excluding hydrogens is 505 g/mol. The number of methoxy groups -OCH3 is 1. The molecule has 0 spiro atoms. The lowest BCUT2D eigenvalue weighted by atomic mass is 10.1. The number of benzene rings is 1. The second-order valence-electron chi connectivity index (χ2n) is 7.63. The van der Waals surface area contributed by atoms with E-state index in [9.17, 15) is 0 Å². The largest absolute Gasteiger partial charge is 0.493 e. The molecule has 1 saturated heterocycles. The molecule has 2 N–H and O–H groups in total. The third-order valence-electron chi connectivity index (χ3n) is 5.23. The molecule has 170 valence electrons. The molecule has 1 aromatic heterocycles. The van der Waals surface area contributed by atoms with Gasteiger partial charge in [-0.05, 0) is 50.5 Å². The molecule has 1 aliphatic heterocycles. The Bertz CT molecular complexity index is 823. The predicted octanol–water partition coefficient (Wildman–Crippen LogP) is 3.62. The standard InChI is InChI=1S/C23H33N5O2.HI/c1-17-9-10-22(25-15-17)28-13-11-19(12-14-28)27-23(24-3)26-16-18(2)30-21-8-6-5-7-20(21)29-4;/h5-10,15,18-19H,11-14,16H2,1-4H3,(H2,24,26,27);1H. The monoisotopic (exact) mass is 539 g/mol. The van der Waals surface area contributed by atoms with Crippen LogP contribution in [0.15, 0.2) is 47.6 Å². The lowest BCUT2D eigenvalue weighted by molar-refractivity contribution is 0.213. The average Bonchev–Trinajstić information content (AvgIpc) is 2.78. The third-order valence-corrected chi connectivity index (χ3v) is 5.23. The van der Waals surface area contributed by atoms with Crippen LogP contribution in [-0.2, 0) is 0 Å². The Balaban J connectivity index is 0.00000341. The first-order valence-electron chi connectivity index (χ1n) is 10.5. The number of guanidine groups is 1. The van der Waals surface area contributed by atoms with E-state index >= 15 is 0 Å². The molecule has 1 unspecified atom stereocenters. The molecule has 31 heavy (non-hydrogen) atoms. The molecule has 1 atom stereocenters. The number of piperidine rings is 1. The summed E-state index contributed by atoms with van der Waals surface area (Å²) in [5.41, 5.74) is 1.19. The number of hydrogen-bond donors (Lipinski definition) is 2. The number of anilines is 1. The molecule has 0 amide bonds. The molecule has 3 rings (SSSR count). The topological polar surface area (TPSA) is 71.0 Å². The van der Waals surface area contributed by atoms with E-state index in [2.05, 4.69) is 44.6 Å². The molecule has 0 bridgehead atoms. The smallest absolute Gasteiger partial charge is 0.191 e. The zero-order valence-corrected chi connectivity index (χ0v) is 21.1. The Morgan fingerprint density at radius 1 is 1.19 bits per heavy atom. The number of rotatable bonds is 7. The zero-order valence-electron chi connectivity index (χ0n) is 18.8. The van der Waals surface area contributed by atoms with Gasteiger partial charge in [0, 0.05) is 32.4 Å². The molecule has 0 radical (unpaired) electrons. The number of pyridine rings is 1. The zero-order chi connectivity index (χ0) is 21.3. The fourth-order valence-corrected chi connectivity index (χ4v) is 3.50. The van der Waals surface area contributed by atoms with Gasteiger partial charge in [0.25, 0.3) is 0 Å². The van der Waals surface area contributed by atoms with Crippen molar-refractivity contribution in [1.29, 1.82) is 0 Å². The molecule has 2 aromatic rings. The van der Waals surface area contributed by atoms with Crippen molar-refractivity contribution in [2.45, 2.75) is 38.8 Å². The summed E-state index contributed by atoms with van der Waals surface area (Å²) < 4.78 is 11.4. The quantitative estimate of drug-likeness (QED) is 0.318. The van der Waals surface area contributed by atoms with Gasteiger partial charge in [0.2, 0.25) is 0 Å². The lowest BCUT2D eigenvalue weighted by Crippen LogP contribution is -2.50. The van der Waals surface area contributed by atoms with Gasteiger partial charge in [-0.25, -0.2) is 4.98 Å². The maximum absolute atomic E-state index is 6.01. The SMILES string of the molecule is CN=C(NCC(C)Oc1ccccc1OC)NC1CCN(c2ccc(C)cn2)CC1.I. The lowest BCUT2D eigenvalue weighted by Gasteiger charge is -2.34. The third kappa shape index (κ3) is 7.45. The second-order valence-corrected chi connectivity index (χ2v) is 7.63. The van der Waals surface area contributed by atoms with E-state index in [1.165, 1.54) is 5.56 Å². The van der Waals surface area contributed by atoms with Crippen LogP contribution in [0.1, 0.15) is 25.3 Å². The first kappa shape index (κ1) is 25.0. The first-order valence-corrected chi connectivity index (χ1v) is 10.5. The van der Waals surface area contributed by atoms with E-state index in [1.54, 1.807) is 14.2 Å². The van der Waals surface area contributed by atoms with E-state index in [0.29, 0.717) is 12.6 Å². The van der Waals surface area contributed by atoms with E-state index < -0.39 is 0 Å². The summed E-state index contributed by atoms with van der Waals surface area (Å²) in [6.07, 6.45) is 3.99. The van der Waals surface area contributed by atoms with Gasteiger partial charge in [0.1, 0.15) is 11.9 Å². The van der Waals surface area contributed by atoms with Gasteiger partial charge in [-0.1, -0.05) is 18.2 Å². The molecule has 0 aliphatic carbocycles. The van der Waals surface area contributed by atoms with Crippen molar-refractivity contribution in [3.63, 3.8) is 0 Å². The highest BCUT2D eigenvalue weighted by molar-refractivity contribution is 14.0. The first-order chi connectivity index (χ1) is 14.6. The molecule has 0 saturated carbocycles. The summed E-state index contributed by atoms with van der Waals surface area (Å²) in [5.74, 6) is 3.34. The Labute approximate surface area is 202 Å². The summed E-state index contributed by atoms with van der Waals surface area (Å²) in [6.45, 7) is 6.70. The highest BCUT2D eigenvalue weighted by Gasteiger charge is 2.21. The van der Waals surface area contributed by atoms with Crippen LogP contribution < -0.4 is 25.0 Å². The second kappa shape index (κ2) is 12.6. The van der Waals surface area contributed by atoms with Gasteiger partial charge < -0.3 is 25.0 Å². The van der Waals surface area contributed by atoms with Crippen molar-refractivity contribution in [2.75, 3.05) is 38.7 Å². The Hall–Kier alpha value is -2.23. The maximum Gasteiger partial charge on any atom is 0.191 e. The van der Waals surface area contributed by atoms with Crippen LogP contribution in [0.25, 0.3) is 0 Å². The van der Waals surface area contributed by atoms with Gasteiger partial charge in [-0.3, -0.25) is 4.99 Å². The van der Waals surface area contributed by atoms with Crippen molar-refractivity contribution in [3.05, 3.63) is 48.2 Å². The molecular formula is C23H34IN5O2. The van der Waals surface area contributed by atoms with E-state index in [4.69, 9.17) is 9.47 Å². The van der Waals surface area contributed by atoms with Crippen LogP contribution in [0.3, 0.4) is 0 Å². The fraction of sp³-hybridized carbons (Fsp3) is 0.478. The maximum atomic E-state index is 6.01. The van der Waals surface area contributed by atoms with Gasteiger partial charge in [-0.15, -0.1) is 24.0 Å². The molecule has 7 nitrogen and oxygen atoms in total. The number of aromatic nitrogens is 1. The predicted molar refractivity (Wildman–Crippen MR) is 137 cm³/mol. The van der Waals surface area contributed by atoms with Crippen molar-refractivity contribution >= 4 is 35.8 Å². The number of aryl methyl sites for hydroxylation is 1. The minimum atomic E-state index is -0.0330. The summed E-state index contributed by atoms with van der Waals surface area (Å²) in [7, 11) is 3.45. The van der Waals surface area contributed by atoms with Gasteiger partial charge in [-0.2, -0.15) is 0 Å². The minimum absolute atomic E-state index is 0. The molecule has 1 fully saturated rings. The summed E-state index contributed by atoms with van der Waals surface area (Å²) in [5, 5.41) is 6.91. The molecule has 8 heteroatoms. The highest BCUT2D eigenvalue weighted by atomic mass is 127. The Kier molecular flexibility index (Phi) is 10.2. The number of nitrogens with zero attached hydrogens (tertiary/aromatic N) is 3. The molecule has 2 heterocycles. The van der Waals surface area contributed by atoms with Gasteiger partial charge in [0.05, 0.1) is 13.7 Å². The molecule has 1 aliphatic rings. The number of aliphatic imine (C=N–C) groups is 1. The van der Waals surface area contributed by atoms with E-state index in [0.717, 1.165) is 49.2 Å². The normalized spacial score (nSPS) is 15.6. The minimum Gasteiger partial charge on any atom is -0.493 e. The van der Waals surface area contributed by atoms with Crippen LogP contribution in [0.2, 0.25) is 0 Å². The van der Waals surface area contributed by atoms with Crippen LogP contribution in [0, 0.1) is 6.92 Å². The summed E-state index contributed by atoms with van der Waals surface area (Å²) >= 11 is 0. The van der Waals surface area contributed by atoms with Crippen LogP contribution in [-0.4, -0.2) is 56.9 Å². The number of hydrogen-bond acceptors (Lipinski definition) is 5. The number of halogens is 1. The molecule has 1 aromatic carbocycles. The van der Waals surface area contributed by atoms with E-state index in [1.807, 2.05) is 37.4 Å². The van der Waals surface area contributed by atoms with Crippen molar-refractivity contribution in [3.8, 4) is 11.5 Å². The average molecular weight is 539 g/mol. The van der Waals surface area contributed by atoms with E-state index in [-0.39, 0.29) is 30.1 Å². The Morgan fingerprint density at radius 2 is 1.90 bits per heavy atom. The van der Waals surface area contributed by atoms with Gasteiger partial charge >= 0.3 is 0 Å². The highest BCUT2D eigenvalue weighted by Crippen LogP contribution is 2.26. The summed E-state index contributed by atoms with van der Waals surface area (Å²) in [6, 6.07) is 12.3. The fourth-order valence-electron chi connectivity index (χ4n) is 3.50. The van der Waals surface area contributed by atoms with Crippen molar-refractivity contribution < 1.29 is 9.47 Å². The number of nitrogens with one attached hydrogen (secondary N) is 2. The summed E-state index contributed by atoms with van der Waals surface area (Å²) in [4.78, 5) is 11.3. The Morgan fingerprint density at radius 3 is 2.52 bits per heavy atom. The number of para-hydroxylation sites is 2.